The van der Waals surface area contributed by atoms with E-state index in [2.05, 4.69) is 4.99 Å². The molecule has 2 radical (unpaired) electrons. The lowest BCUT2D eigenvalue weighted by atomic mass is 9.90. The minimum Gasteiger partial charge on any atom is -0.357 e. The molecule has 1 aliphatic heterocycles. The van der Waals surface area contributed by atoms with Crippen molar-refractivity contribution in [3.63, 3.8) is 0 Å². The minimum absolute atomic E-state index is 0.0234. The van der Waals surface area contributed by atoms with E-state index in [9.17, 15) is 0 Å². The maximum Gasteiger partial charge on any atom is 0.147 e. The van der Waals surface area contributed by atoms with Crippen LogP contribution in [0.1, 0.15) is 19.3 Å². The largest absolute Gasteiger partial charge is 0.357 e. The van der Waals surface area contributed by atoms with Crippen LogP contribution >= 0.6 is 0 Å². The highest BCUT2D eigenvalue weighted by atomic mass is 16.5. The summed E-state index contributed by atoms with van der Waals surface area (Å²) >= 11 is 0. The molecular formula is C8H13BN2O. The molecule has 0 spiro atoms. The van der Waals surface area contributed by atoms with Gasteiger partial charge in [-0.1, -0.05) is 0 Å². The van der Waals surface area contributed by atoms with E-state index in [-0.39, 0.29) is 12.0 Å². The molecule has 1 heterocycles. The molecule has 0 aromatic rings. The molecule has 0 aliphatic carbocycles. The van der Waals surface area contributed by atoms with Crippen molar-refractivity contribution in [1.82, 2.24) is 0 Å². The molecular weight excluding hydrogens is 151 g/mol. The summed E-state index contributed by atoms with van der Waals surface area (Å²) in [7, 11) is 5.44. The zero-order chi connectivity index (χ0) is 8.81. The maximum absolute atomic E-state index is 6.84. The number of ether oxygens (including phenoxy) is 1. The van der Waals surface area contributed by atoms with E-state index in [1.807, 2.05) is 0 Å². The summed E-state index contributed by atoms with van der Waals surface area (Å²) in [5.74, 6) is -0.365. The molecule has 0 amide bonds. The van der Waals surface area contributed by atoms with Crippen molar-refractivity contribution in [3.05, 3.63) is 0 Å². The Hall–Kier alpha value is -0.635. The number of aliphatic imine (C=N–C) groups is 1. The normalized spacial score (nSPS) is 27.2. The average Bonchev–Trinajstić information content (AvgIpc) is 2.16. The summed E-state index contributed by atoms with van der Waals surface area (Å²) in [4.78, 5) is 4.13. The fourth-order valence-corrected chi connectivity index (χ4v) is 1.08. The van der Waals surface area contributed by atoms with E-state index >= 15 is 0 Å². The summed E-state index contributed by atoms with van der Waals surface area (Å²) in [6.07, 6.45) is 5.98. The van der Waals surface area contributed by atoms with Crippen LogP contribution in [0.25, 0.3) is 0 Å². The average molecular weight is 164 g/mol. The first kappa shape index (κ1) is 9.45. The Bertz CT molecular complexity index is 166. The van der Waals surface area contributed by atoms with E-state index in [4.69, 9.17) is 18.0 Å². The third-order valence-electron chi connectivity index (χ3n) is 1.77. The molecule has 0 aromatic heterocycles. The fourth-order valence-electron chi connectivity index (χ4n) is 1.08. The highest BCUT2D eigenvalue weighted by Crippen LogP contribution is 2.13. The van der Waals surface area contributed by atoms with Gasteiger partial charge in [0.1, 0.15) is 6.23 Å². The number of hydrogen-bond acceptors (Lipinski definition) is 3. The van der Waals surface area contributed by atoms with Crippen molar-refractivity contribution in [2.24, 2.45) is 4.99 Å². The van der Waals surface area contributed by atoms with Gasteiger partial charge >= 0.3 is 0 Å². The Morgan fingerprint density at radius 1 is 1.58 bits per heavy atom. The summed E-state index contributed by atoms with van der Waals surface area (Å²) in [6.45, 7) is 0.793. The second-order valence-electron chi connectivity index (χ2n) is 2.86. The lowest BCUT2D eigenvalue weighted by Gasteiger charge is -2.18. The molecule has 3 nitrogen and oxygen atoms in total. The Kier molecular flexibility index (Phi) is 4.01. The molecule has 2 unspecified atom stereocenters. The van der Waals surface area contributed by atoms with Crippen LogP contribution in [0.3, 0.4) is 0 Å². The number of nitrogens with zero attached hydrogens (tertiary/aromatic N) is 1. The molecule has 1 N–H and O–H groups in total. The first-order valence-corrected chi connectivity index (χ1v) is 4.24. The van der Waals surface area contributed by atoms with Gasteiger partial charge in [-0.2, -0.15) is 0 Å². The van der Waals surface area contributed by atoms with Crippen LogP contribution in [-0.2, 0) is 4.74 Å². The fraction of sp³-hybridized carbons (Fsp3) is 0.750. The molecule has 0 saturated carbocycles. The van der Waals surface area contributed by atoms with Crippen LogP contribution in [-0.4, -0.2) is 33.1 Å². The van der Waals surface area contributed by atoms with Crippen LogP contribution < -0.4 is 0 Å². The third-order valence-corrected chi connectivity index (χ3v) is 1.77. The second kappa shape index (κ2) is 5.09. The monoisotopic (exact) mass is 164 g/mol. The Morgan fingerprint density at radius 3 is 3.00 bits per heavy atom. The van der Waals surface area contributed by atoms with Gasteiger partial charge in [0.05, 0.1) is 7.85 Å². The van der Waals surface area contributed by atoms with Crippen LogP contribution in [0, 0.1) is 5.41 Å². The SMILES string of the molecule is [B]C(C=N)C=NC1CCCCO1. The van der Waals surface area contributed by atoms with Crippen molar-refractivity contribution < 1.29 is 4.74 Å². The predicted molar refractivity (Wildman–Crippen MR) is 50.4 cm³/mol. The highest BCUT2D eigenvalue weighted by Gasteiger charge is 2.10. The van der Waals surface area contributed by atoms with Gasteiger partial charge in [0.2, 0.25) is 0 Å². The Labute approximate surface area is 74.1 Å². The van der Waals surface area contributed by atoms with Crippen LogP contribution in [0.5, 0.6) is 0 Å². The molecule has 1 fully saturated rings. The summed E-state index contributed by atoms with van der Waals surface area (Å²) in [5, 5.41) is 6.84. The molecule has 1 rings (SSSR count). The smallest absolute Gasteiger partial charge is 0.147 e. The lowest BCUT2D eigenvalue weighted by Crippen LogP contribution is -2.17. The van der Waals surface area contributed by atoms with Gasteiger partial charge in [0.15, 0.2) is 0 Å². The third kappa shape index (κ3) is 3.18. The van der Waals surface area contributed by atoms with Crippen LogP contribution in [0.2, 0.25) is 5.82 Å². The van der Waals surface area contributed by atoms with E-state index in [0.717, 1.165) is 25.7 Å². The van der Waals surface area contributed by atoms with Crippen molar-refractivity contribution in [1.29, 1.82) is 5.41 Å². The molecule has 0 bridgehead atoms. The molecule has 64 valence electrons. The van der Waals surface area contributed by atoms with Gasteiger partial charge in [0.25, 0.3) is 0 Å². The molecule has 1 saturated heterocycles. The summed E-state index contributed by atoms with van der Waals surface area (Å²) < 4.78 is 5.34. The van der Waals surface area contributed by atoms with Crippen molar-refractivity contribution in [2.75, 3.05) is 6.61 Å². The number of nitrogens with one attached hydrogen (secondary N) is 1. The van der Waals surface area contributed by atoms with Gasteiger partial charge in [0, 0.05) is 12.8 Å². The van der Waals surface area contributed by atoms with Crippen molar-refractivity contribution in [3.8, 4) is 0 Å². The minimum atomic E-state index is -0.365. The van der Waals surface area contributed by atoms with Crippen LogP contribution in [0.15, 0.2) is 4.99 Å². The number of rotatable bonds is 3. The second-order valence-corrected chi connectivity index (χ2v) is 2.86. The summed E-state index contributed by atoms with van der Waals surface area (Å²) in [5.41, 5.74) is 0. The zero-order valence-electron chi connectivity index (χ0n) is 7.07. The topological polar surface area (TPSA) is 45.4 Å². The van der Waals surface area contributed by atoms with E-state index < -0.39 is 0 Å². The van der Waals surface area contributed by atoms with Crippen molar-refractivity contribution >= 4 is 20.3 Å². The molecule has 12 heavy (non-hydrogen) atoms. The quantitative estimate of drug-likeness (QED) is 0.494. The first-order valence-electron chi connectivity index (χ1n) is 4.24. The van der Waals surface area contributed by atoms with E-state index in [1.165, 1.54) is 6.42 Å². The molecule has 4 heteroatoms. The predicted octanol–water partition coefficient (Wildman–Crippen LogP) is 1.19. The van der Waals surface area contributed by atoms with E-state index in [0.29, 0.717) is 0 Å². The van der Waals surface area contributed by atoms with Gasteiger partial charge in [-0.3, -0.25) is 4.99 Å². The standard InChI is InChI=1S/C8H13BN2O/c9-7(5-10)6-11-8-3-1-2-4-12-8/h5-8,10H,1-4H2. The van der Waals surface area contributed by atoms with Gasteiger partial charge in [-0.15, -0.1) is 0 Å². The van der Waals surface area contributed by atoms with E-state index in [1.54, 1.807) is 6.21 Å². The van der Waals surface area contributed by atoms with Gasteiger partial charge in [-0.05, 0) is 31.3 Å². The maximum atomic E-state index is 6.84. The van der Waals surface area contributed by atoms with Crippen molar-refractivity contribution in [2.45, 2.75) is 31.3 Å². The Morgan fingerprint density at radius 2 is 2.42 bits per heavy atom. The van der Waals surface area contributed by atoms with Gasteiger partial charge < -0.3 is 10.1 Å². The molecule has 1 aliphatic rings. The zero-order valence-corrected chi connectivity index (χ0v) is 7.07. The summed E-state index contributed by atoms with van der Waals surface area (Å²) in [6, 6.07) is 0. The van der Waals surface area contributed by atoms with Crippen LogP contribution in [0.4, 0.5) is 0 Å². The number of hydrogen-bond donors (Lipinski definition) is 1. The highest BCUT2D eigenvalue weighted by molar-refractivity contribution is 6.29. The molecule has 2 atom stereocenters. The molecule has 0 aromatic carbocycles. The Balaban J connectivity index is 2.28. The first-order chi connectivity index (χ1) is 5.83. The lowest BCUT2D eigenvalue weighted by molar-refractivity contribution is 0.0226. The van der Waals surface area contributed by atoms with Gasteiger partial charge in [-0.25, -0.2) is 0 Å².